The molecule has 0 aliphatic carbocycles. The molecule has 2 aromatic rings. The van der Waals surface area contributed by atoms with Gasteiger partial charge >= 0.3 is 11.9 Å². The summed E-state index contributed by atoms with van der Waals surface area (Å²) in [6.45, 7) is 3.99. The minimum Gasteiger partial charge on any atom is -0.479 e. The number of nitrogens with zero attached hydrogens (tertiary/aromatic N) is 2. The number of carbonyl (C=O) groups excluding carboxylic acids is 3. The van der Waals surface area contributed by atoms with E-state index in [1.165, 1.54) is 0 Å². The fraction of sp³-hybridized carbons (Fsp3) is 0.419. The van der Waals surface area contributed by atoms with E-state index in [0.717, 1.165) is 16.8 Å². The van der Waals surface area contributed by atoms with Gasteiger partial charge in [0, 0.05) is 19.5 Å². The van der Waals surface area contributed by atoms with Crippen LogP contribution >= 0.6 is 0 Å². The van der Waals surface area contributed by atoms with E-state index in [1.54, 1.807) is 18.7 Å². The zero-order valence-electron chi connectivity index (χ0n) is 25.5. The SMILES string of the molecule is CC(C)(N)C(=O)N[C@H](COCc1ccccc1)C(=O)N1CCC2=NNC(=O)[C@]2(Cc2ccccc2)C1.O=C(O)C(O)C(O)C(=O)O. The van der Waals surface area contributed by atoms with Crippen LogP contribution in [0.15, 0.2) is 65.8 Å². The molecule has 15 nitrogen and oxygen atoms in total. The maximum atomic E-state index is 13.7. The van der Waals surface area contributed by atoms with Crippen LogP contribution in [0.5, 0.6) is 0 Å². The third-order valence-electron chi connectivity index (χ3n) is 7.41. The van der Waals surface area contributed by atoms with Crippen LogP contribution in [-0.2, 0) is 41.7 Å². The molecular formula is C31H39N5O10. The third kappa shape index (κ3) is 9.17. The number of hydrogen-bond acceptors (Lipinski definition) is 10. The number of carboxylic acids is 2. The molecule has 0 bridgehead atoms. The molecule has 15 heteroatoms. The number of aliphatic carboxylic acids is 2. The van der Waals surface area contributed by atoms with Crippen LogP contribution in [0.1, 0.15) is 31.4 Å². The van der Waals surface area contributed by atoms with Crippen molar-refractivity contribution in [2.75, 3.05) is 19.7 Å². The molecule has 0 spiro atoms. The van der Waals surface area contributed by atoms with Gasteiger partial charge in [-0.2, -0.15) is 5.10 Å². The standard InChI is InChI=1S/C27H33N5O4.C4H6O6/c1-26(2,28)24(34)29-21(17-36-16-20-11-7-4-8-12-20)23(33)32-14-13-22-27(18-32,25(35)31-30-22)15-19-9-5-3-6-10-19;5-1(3(7)8)2(6)4(9)10/h3-12,21H,13-18,28H2,1-2H3,(H,29,34)(H,31,35);1-2,5-6H,(H,7,8)(H,9,10)/t21-,27-;/m1./s1. The van der Waals surface area contributed by atoms with E-state index in [-0.39, 0.29) is 25.0 Å². The second kappa shape index (κ2) is 15.5. The van der Waals surface area contributed by atoms with Gasteiger partial charge in [0.1, 0.15) is 11.5 Å². The predicted octanol–water partition coefficient (Wildman–Crippen LogP) is -0.750. The number of piperidine rings is 1. The molecule has 1 fully saturated rings. The number of nitrogens with two attached hydrogens (primary N) is 1. The smallest absolute Gasteiger partial charge is 0.335 e. The van der Waals surface area contributed by atoms with Crippen molar-refractivity contribution in [3.05, 3.63) is 71.8 Å². The van der Waals surface area contributed by atoms with E-state index in [1.807, 2.05) is 60.7 Å². The van der Waals surface area contributed by atoms with E-state index in [2.05, 4.69) is 15.8 Å². The van der Waals surface area contributed by atoms with Gasteiger partial charge < -0.3 is 41.1 Å². The monoisotopic (exact) mass is 641 g/mol. The number of amides is 3. The number of carbonyl (C=O) groups is 5. The maximum absolute atomic E-state index is 13.7. The quantitative estimate of drug-likeness (QED) is 0.152. The highest BCUT2D eigenvalue weighted by molar-refractivity contribution is 6.13. The Kier molecular flexibility index (Phi) is 12.1. The van der Waals surface area contributed by atoms with Gasteiger partial charge in [-0.15, -0.1) is 0 Å². The third-order valence-corrected chi connectivity index (χ3v) is 7.41. The second-order valence-corrected chi connectivity index (χ2v) is 11.6. The first-order chi connectivity index (χ1) is 21.7. The van der Waals surface area contributed by atoms with Crippen molar-refractivity contribution in [2.45, 2.75) is 57.1 Å². The number of hydrogen-bond donors (Lipinski definition) is 7. The van der Waals surface area contributed by atoms with Gasteiger partial charge in [-0.3, -0.25) is 14.4 Å². The molecule has 248 valence electrons. The molecule has 0 saturated carbocycles. The fourth-order valence-corrected chi connectivity index (χ4v) is 4.82. The minimum absolute atomic E-state index is 0.0229. The summed E-state index contributed by atoms with van der Waals surface area (Å²) in [5.74, 6) is -4.53. The zero-order chi connectivity index (χ0) is 34.1. The van der Waals surface area contributed by atoms with Crippen LogP contribution in [-0.4, -0.2) is 104 Å². The zero-order valence-corrected chi connectivity index (χ0v) is 25.5. The summed E-state index contributed by atoms with van der Waals surface area (Å²) in [4.78, 5) is 60.6. The van der Waals surface area contributed by atoms with Crippen LogP contribution in [0.4, 0.5) is 0 Å². The summed E-state index contributed by atoms with van der Waals surface area (Å²) in [5, 5.41) is 39.6. The van der Waals surface area contributed by atoms with Gasteiger partial charge in [-0.05, 0) is 31.4 Å². The Bertz CT molecular complexity index is 1410. The number of aliphatic hydroxyl groups excluding tert-OH is 2. The van der Waals surface area contributed by atoms with E-state index in [9.17, 15) is 24.0 Å². The van der Waals surface area contributed by atoms with Crippen molar-refractivity contribution in [3.8, 4) is 0 Å². The van der Waals surface area contributed by atoms with E-state index >= 15 is 0 Å². The number of aliphatic hydroxyl groups is 2. The number of nitrogens with one attached hydrogen (secondary N) is 2. The van der Waals surface area contributed by atoms with Crippen LogP contribution in [0.25, 0.3) is 0 Å². The molecule has 4 rings (SSSR count). The van der Waals surface area contributed by atoms with E-state index < -0.39 is 47.0 Å². The van der Waals surface area contributed by atoms with Gasteiger partial charge in [0.15, 0.2) is 12.2 Å². The Hall–Kier alpha value is -4.70. The number of fused-ring (bicyclic) bond motifs is 1. The number of ether oxygens (including phenoxy) is 1. The van der Waals surface area contributed by atoms with Gasteiger partial charge in [0.25, 0.3) is 5.91 Å². The molecule has 1 saturated heterocycles. The lowest BCUT2D eigenvalue weighted by atomic mass is 9.73. The fourth-order valence-electron chi connectivity index (χ4n) is 4.82. The van der Waals surface area contributed by atoms with Crippen LogP contribution < -0.4 is 16.5 Å². The highest BCUT2D eigenvalue weighted by atomic mass is 16.5. The highest BCUT2D eigenvalue weighted by Crippen LogP contribution is 2.35. The number of likely N-dealkylation sites (tertiary alicyclic amines) is 1. The average Bonchev–Trinajstić information content (AvgIpc) is 3.34. The summed E-state index contributed by atoms with van der Waals surface area (Å²) in [7, 11) is 0. The summed E-state index contributed by atoms with van der Waals surface area (Å²) in [6, 6.07) is 18.3. The molecule has 8 N–H and O–H groups in total. The molecule has 3 amide bonds. The molecule has 4 atom stereocenters. The maximum Gasteiger partial charge on any atom is 0.335 e. The normalized spacial score (nSPS) is 19.3. The minimum atomic E-state index is -2.27. The lowest BCUT2D eigenvalue weighted by Gasteiger charge is -2.40. The van der Waals surface area contributed by atoms with Gasteiger partial charge in [-0.1, -0.05) is 60.7 Å². The Balaban J connectivity index is 0.000000498. The second-order valence-electron chi connectivity index (χ2n) is 11.6. The summed E-state index contributed by atoms with van der Waals surface area (Å²) in [6.07, 6.45) is -3.64. The number of benzene rings is 2. The first kappa shape index (κ1) is 35.8. The predicted molar refractivity (Wildman–Crippen MR) is 163 cm³/mol. The topological polar surface area (TPSA) is 241 Å². The van der Waals surface area contributed by atoms with Crippen LogP contribution in [0.3, 0.4) is 0 Å². The lowest BCUT2D eigenvalue weighted by molar-refractivity contribution is -0.165. The average molecular weight is 642 g/mol. The largest absolute Gasteiger partial charge is 0.479 e. The molecule has 0 radical (unpaired) electrons. The molecule has 2 aliphatic heterocycles. The Morgan fingerprint density at radius 1 is 1.00 bits per heavy atom. The molecule has 2 aliphatic rings. The van der Waals surface area contributed by atoms with E-state index in [0.29, 0.717) is 26.0 Å². The van der Waals surface area contributed by atoms with Crippen molar-refractivity contribution in [1.29, 1.82) is 0 Å². The molecular weight excluding hydrogens is 602 g/mol. The van der Waals surface area contributed by atoms with Gasteiger partial charge in [0.2, 0.25) is 11.8 Å². The van der Waals surface area contributed by atoms with Crippen molar-refractivity contribution in [1.82, 2.24) is 15.6 Å². The van der Waals surface area contributed by atoms with Crippen LogP contribution in [0.2, 0.25) is 0 Å². The lowest BCUT2D eigenvalue weighted by Crippen LogP contribution is -2.61. The van der Waals surface area contributed by atoms with Crippen molar-refractivity contribution >= 4 is 35.4 Å². The van der Waals surface area contributed by atoms with Gasteiger partial charge in [0.05, 0.1) is 24.5 Å². The molecule has 2 unspecified atom stereocenters. The number of rotatable bonds is 12. The summed E-state index contributed by atoms with van der Waals surface area (Å²) >= 11 is 0. The Morgan fingerprint density at radius 2 is 1.54 bits per heavy atom. The number of hydrazone groups is 1. The first-order valence-corrected chi connectivity index (χ1v) is 14.4. The van der Waals surface area contributed by atoms with Crippen molar-refractivity contribution in [2.24, 2.45) is 16.3 Å². The van der Waals surface area contributed by atoms with Crippen molar-refractivity contribution < 1.29 is 49.1 Å². The molecule has 2 aromatic carbocycles. The van der Waals surface area contributed by atoms with E-state index in [4.69, 9.17) is 30.9 Å². The van der Waals surface area contributed by atoms with Crippen LogP contribution in [0, 0.1) is 5.41 Å². The summed E-state index contributed by atoms with van der Waals surface area (Å²) < 4.78 is 5.83. The summed E-state index contributed by atoms with van der Waals surface area (Å²) in [5.41, 5.74) is 9.17. The van der Waals surface area contributed by atoms with Gasteiger partial charge in [-0.25, -0.2) is 15.0 Å². The molecule has 0 aromatic heterocycles. The molecule has 46 heavy (non-hydrogen) atoms. The first-order valence-electron chi connectivity index (χ1n) is 14.4. The highest BCUT2D eigenvalue weighted by Gasteiger charge is 2.52. The van der Waals surface area contributed by atoms with Crippen molar-refractivity contribution in [3.63, 3.8) is 0 Å². The Labute approximate surface area is 265 Å². The Morgan fingerprint density at radius 3 is 2.07 bits per heavy atom. The number of carboxylic acid groups (broad SMARTS) is 2. The molecule has 2 heterocycles.